The van der Waals surface area contributed by atoms with E-state index in [1.54, 1.807) is 10.6 Å². The van der Waals surface area contributed by atoms with Crippen molar-refractivity contribution >= 4 is 27.8 Å². The van der Waals surface area contributed by atoms with E-state index < -0.39 is 5.97 Å². The van der Waals surface area contributed by atoms with Crippen LogP contribution in [-0.4, -0.2) is 20.6 Å². The second-order valence-electron chi connectivity index (χ2n) is 5.47. The van der Waals surface area contributed by atoms with Gasteiger partial charge in [0.05, 0.1) is 17.8 Å². The van der Waals surface area contributed by atoms with E-state index in [0.29, 0.717) is 6.54 Å². The number of nitrogens with zero attached hydrogens (tertiary/aromatic N) is 2. The van der Waals surface area contributed by atoms with Crippen LogP contribution in [0.5, 0.6) is 0 Å². The summed E-state index contributed by atoms with van der Waals surface area (Å²) in [5, 5.41) is 11.5. The minimum absolute atomic E-state index is 0.279. The van der Waals surface area contributed by atoms with Crippen LogP contribution >= 0.6 is 0 Å². The first-order chi connectivity index (χ1) is 11.2. The molecule has 23 heavy (non-hydrogen) atoms. The van der Waals surface area contributed by atoms with E-state index in [4.69, 9.17) is 0 Å². The number of aromatic carboxylic acids is 1. The van der Waals surface area contributed by atoms with Crippen molar-refractivity contribution in [2.45, 2.75) is 6.54 Å². The highest BCUT2D eigenvalue weighted by Gasteiger charge is 2.15. The maximum atomic E-state index is 11.6. The lowest BCUT2D eigenvalue weighted by molar-refractivity contribution is 0.0686. The Kier molecular flexibility index (Phi) is 3.08. The van der Waals surface area contributed by atoms with Crippen molar-refractivity contribution in [3.05, 3.63) is 78.1 Å². The summed E-state index contributed by atoms with van der Waals surface area (Å²) >= 11 is 0. The number of aromatic nitrogens is 2. The lowest BCUT2D eigenvalue weighted by Crippen LogP contribution is -2.10. The van der Waals surface area contributed by atoms with E-state index in [9.17, 15) is 9.90 Å². The van der Waals surface area contributed by atoms with Gasteiger partial charge in [-0.05, 0) is 24.3 Å². The van der Waals surface area contributed by atoms with Gasteiger partial charge in [-0.15, -0.1) is 0 Å². The molecule has 4 nitrogen and oxygen atoms in total. The minimum atomic E-state index is -0.929. The normalized spacial score (nSPS) is 11.1. The van der Waals surface area contributed by atoms with E-state index in [2.05, 4.69) is 4.98 Å². The number of para-hydroxylation sites is 2. The molecule has 0 saturated carbocycles. The molecular weight excluding hydrogens is 288 g/mol. The van der Waals surface area contributed by atoms with Crippen LogP contribution in [0.2, 0.25) is 0 Å². The molecule has 112 valence electrons. The predicted octanol–water partition coefficient (Wildman–Crippen LogP) is 3.94. The van der Waals surface area contributed by atoms with Crippen LogP contribution in [0.15, 0.2) is 66.7 Å². The smallest absolute Gasteiger partial charge is 0.352 e. The third-order valence-electron chi connectivity index (χ3n) is 4.01. The Balaban J connectivity index is 1.84. The first-order valence-electron chi connectivity index (χ1n) is 7.38. The van der Waals surface area contributed by atoms with E-state index in [-0.39, 0.29) is 5.69 Å². The Bertz CT molecular complexity index is 1030. The second-order valence-corrected chi connectivity index (χ2v) is 5.47. The van der Waals surface area contributed by atoms with Crippen molar-refractivity contribution in [1.29, 1.82) is 0 Å². The monoisotopic (exact) mass is 302 g/mol. The van der Waals surface area contributed by atoms with Gasteiger partial charge in [0.2, 0.25) is 0 Å². The molecule has 0 unspecified atom stereocenters. The van der Waals surface area contributed by atoms with Gasteiger partial charge in [-0.3, -0.25) is 4.98 Å². The fraction of sp³-hybridized carbons (Fsp3) is 0.0526. The third kappa shape index (κ3) is 2.34. The zero-order valence-corrected chi connectivity index (χ0v) is 12.3. The molecule has 0 bridgehead atoms. The first kappa shape index (κ1) is 13.5. The molecule has 0 radical (unpaired) electrons. The van der Waals surface area contributed by atoms with Crippen molar-refractivity contribution in [3.63, 3.8) is 0 Å². The zero-order chi connectivity index (χ0) is 15.8. The number of hydrogen-bond acceptors (Lipinski definition) is 2. The number of carboxylic acid groups (broad SMARTS) is 1. The lowest BCUT2D eigenvalue weighted by atomic mass is 10.2. The molecule has 0 fully saturated rings. The van der Waals surface area contributed by atoms with Crippen molar-refractivity contribution in [2.75, 3.05) is 0 Å². The highest BCUT2D eigenvalue weighted by Crippen LogP contribution is 2.22. The number of hydrogen-bond donors (Lipinski definition) is 1. The van der Waals surface area contributed by atoms with Crippen molar-refractivity contribution in [2.24, 2.45) is 0 Å². The van der Waals surface area contributed by atoms with E-state index in [1.165, 1.54) is 0 Å². The van der Waals surface area contributed by atoms with Crippen LogP contribution in [0.1, 0.15) is 16.2 Å². The average molecular weight is 302 g/mol. The Labute approximate surface area is 132 Å². The fourth-order valence-electron chi connectivity index (χ4n) is 2.92. The lowest BCUT2D eigenvalue weighted by Gasteiger charge is -2.09. The summed E-state index contributed by atoms with van der Waals surface area (Å²) < 4.78 is 1.80. The van der Waals surface area contributed by atoms with E-state index in [0.717, 1.165) is 27.5 Å². The first-order valence-corrected chi connectivity index (χ1v) is 7.38. The summed E-state index contributed by atoms with van der Waals surface area (Å²) in [7, 11) is 0. The van der Waals surface area contributed by atoms with Gasteiger partial charge in [0.15, 0.2) is 0 Å². The van der Waals surface area contributed by atoms with Gasteiger partial charge >= 0.3 is 5.97 Å². The summed E-state index contributed by atoms with van der Waals surface area (Å²) in [6, 6.07) is 21.3. The largest absolute Gasteiger partial charge is 0.477 e. The van der Waals surface area contributed by atoms with Crippen LogP contribution in [-0.2, 0) is 6.54 Å². The molecule has 0 amide bonds. The zero-order valence-electron chi connectivity index (χ0n) is 12.3. The van der Waals surface area contributed by atoms with Crippen molar-refractivity contribution < 1.29 is 9.90 Å². The summed E-state index contributed by atoms with van der Waals surface area (Å²) in [4.78, 5) is 16.2. The summed E-state index contributed by atoms with van der Waals surface area (Å²) in [6.07, 6.45) is 0. The number of carboxylic acids is 1. The molecule has 0 atom stereocenters. The van der Waals surface area contributed by atoms with Crippen molar-refractivity contribution in [1.82, 2.24) is 9.55 Å². The maximum Gasteiger partial charge on any atom is 0.352 e. The van der Waals surface area contributed by atoms with Gasteiger partial charge in [0, 0.05) is 16.3 Å². The molecule has 4 rings (SSSR count). The van der Waals surface area contributed by atoms with Crippen LogP contribution < -0.4 is 0 Å². The SMILES string of the molecule is O=C(O)c1cc2ccccc2n1Cc1ccc2ccccc2n1. The van der Waals surface area contributed by atoms with Gasteiger partial charge < -0.3 is 9.67 Å². The van der Waals surface area contributed by atoms with Gasteiger partial charge in [-0.2, -0.15) is 0 Å². The quantitative estimate of drug-likeness (QED) is 0.623. The van der Waals surface area contributed by atoms with Crippen LogP contribution in [0.25, 0.3) is 21.8 Å². The molecule has 4 aromatic rings. The molecule has 0 saturated heterocycles. The molecule has 2 aromatic heterocycles. The summed E-state index contributed by atoms with van der Waals surface area (Å²) in [5.74, 6) is -0.929. The highest BCUT2D eigenvalue weighted by molar-refractivity contribution is 5.94. The average Bonchev–Trinajstić information content (AvgIpc) is 2.94. The van der Waals surface area contributed by atoms with Crippen LogP contribution in [0.3, 0.4) is 0 Å². The maximum absolute atomic E-state index is 11.6. The van der Waals surface area contributed by atoms with E-state index in [1.807, 2.05) is 60.7 Å². The Morgan fingerprint density at radius 3 is 2.52 bits per heavy atom. The number of carbonyl (C=O) groups is 1. The molecular formula is C19H14N2O2. The highest BCUT2D eigenvalue weighted by atomic mass is 16.4. The number of rotatable bonds is 3. The van der Waals surface area contributed by atoms with E-state index >= 15 is 0 Å². The Hall–Kier alpha value is -3.14. The molecule has 1 N–H and O–H groups in total. The Morgan fingerprint density at radius 1 is 0.957 bits per heavy atom. The molecule has 0 spiro atoms. The number of benzene rings is 2. The third-order valence-corrected chi connectivity index (χ3v) is 4.01. The molecule has 2 heterocycles. The second kappa shape index (κ2) is 5.25. The Morgan fingerprint density at radius 2 is 1.70 bits per heavy atom. The number of pyridine rings is 1. The predicted molar refractivity (Wildman–Crippen MR) is 89.7 cm³/mol. The fourth-order valence-corrected chi connectivity index (χ4v) is 2.92. The summed E-state index contributed by atoms with van der Waals surface area (Å²) in [6.45, 7) is 0.431. The molecule has 0 aliphatic heterocycles. The van der Waals surface area contributed by atoms with Gasteiger partial charge in [-0.25, -0.2) is 4.79 Å². The van der Waals surface area contributed by atoms with Crippen LogP contribution in [0.4, 0.5) is 0 Å². The number of fused-ring (bicyclic) bond motifs is 2. The standard InChI is InChI=1S/C19H14N2O2/c22-19(23)18-11-14-6-2-4-8-17(14)21(18)12-15-10-9-13-5-1-3-7-16(13)20-15/h1-11H,12H2,(H,22,23). The van der Waals surface area contributed by atoms with Crippen LogP contribution in [0, 0.1) is 0 Å². The molecule has 2 aromatic carbocycles. The van der Waals surface area contributed by atoms with Gasteiger partial charge in [-0.1, -0.05) is 42.5 Å². The van der Waals surface area contributed by atoms with Gasteiger partial charge in [0.25, 0.3) is 0 Å². The van der Waals surface area contributed by atoms with Crippen molar-refractivity contribution in [3.8, 4) is 0 Å². The molecule has 4 heteroatoms. The topological polar surface area (TPSA) is 55.1 Å². The van der Waals surface area contributed by atoms with Gasteiger partial charge in [0.1, 0.15) is 5.69 Å². The molecule has 0 aliphatic rings. The summed E-state index contributed by atoms with van der Waals surface area (Å²) in [5.41, 5.74) is 2.94. The molecule has 0 aliphatic carbocycles. The minimum Gasteiger partial charge on any atom is -0.477 e.